The van der Waals surface area contributed by atoms with Crippen LogP contribution in [-0.2, 0) is 14.3 Å². The number of ether oxygens (including phenoxy) is 1. The average molecular weight is 985 g/mol. The number of allylic oxidation sites excluding steroid dienone is 6. The fourth-order valence-corrected chi connectivity index (χ4v) is 9.61. The van der Waals surface area contributed by atoms with Gasteiger partial charge in [0.1, 0.15) is 0 Å². The molecule has 0 fully saturated rings. The van der Waals surface area contributed by atoms with Crippen molar-refractivity contribution >= 4 is 11.9 Å². The Morgan fingerprint density at radius 1 is 0.400 bits per heavy atom. The monoisotopic (exact) mass is 984 g/mol. The van der Waals surface area contributed by atoms with Crippen molar-refractivity contribution in [3.8, 4) is 0 Å². The van der Waals surface area contributed by atoms with Crippen molar-refractivity contribution in [3.05, 3.63) is 36.5 Å². The number of carbonyl (C=O) groups is 2. The molecule has 2 atom stereocenters. The number of rotatable bonds is 58. The molecule has 6 nitrogen and oxygen atoms in total. The minimum atomic E-state index is -0.662. The molecular formula is C64H121NO5. The lowest BCUT2D eigenvalue weighted by atomic mass is 10.0. The van der Waals surface area contributed by atoms with E-state index in [0.717, 1.165) is 51.4 Å². The summed E-state index contributed by atoms with van der Waals surface area (Å²) in [4.78, 5) is 24.5. The Labute approximate surface area is 436 Å². The summed E-state index contributed by atoms with van der Waals surface area (Å²) in [5.41, 5.74) is 0. The summed E-state index contributed by atoms with van der Waals surface area (Å²) in [5.74, 6) is -0.0305. The Hall–Kier alpha value is -1.92. The Bertz CT molecular complexity index is 1130. The Kier molecular flexibility index (Phi) is 58.0. The minimum absolute atomic E-state index is 0.00721. The second-order valence-electron chi connectivity index (χ2n) is 21.4. The molecule has 0 aliphatic carbocycles. The maximum atomic E-state index is 12.4. The zero-order valence-electron chi connectivity index (χ0n) is 47.0. The van der Waals surface area contributed by atoms with Crippen LogP contribution in [0.5, 0.6) is 0 Å². The van der Waals surface area contributed by atoms with Gasteiger partial charge in [-0.2, -0.15) is 0 Å². The molecule has 2 unspecified atom stereocenters. The molecule has 0 saturated heterocycles. The molecule has 0 aliphatic rings. The Morgan fingerprint density at radius 2 is 0.714 bits per heavy atom. The normalized spacial score (nSPS) is 12.8. The van der Waals surface area contributed by atoms with Crippen molar-refractivity contribution in [1.82, 2.24) is 5.32 Å². The lowest BCUT2D eigenvalue weighted by Gasteiger charge is -2.22. The summed E-state index contributed by atoms with van der Waals surface area (Å²) in [6, 6.07) is -0.540. The summed E-state index contributed by atoms with van der Waals surface area (Å²) < 4.78 is 5.49. The molecule has 0 aromatic heterocycles. The molecule has 0 aromatic rings. The largest absolute Gasteiger partial charge is 0.466 e. The molecule has 0 aromatic carbocycles. The van der Waals surface area contributed by atoms with E-state index in [0.29, 0.717) is 25.9 Å². The number of aliphatic hydroxyl groups is 2. The van der Waals surface area contributed by atoms with E-state index in [9.17, 15) is 19.8 Å². The molecular weight excluding hydrogens is 863 g/mol. The first-order chi connectivity index (χ1) is 34.5. The first kappa shape index (κ1) is 68.1. The van der Waals surface area contributed by atoms with Gasteiger partial charge in [-0.25, -0.2) is 0 Å². The quantitative estimate of drug-likeness (QED) is 0.0321. The van der Waals surface area contributed by atoms with Gasteiger partial charge in [-0.15, -0.1) is 0 Å². The Morgan fingerprint density at radius 3 is 1.13 bits per heavy atom. The molecule has 0 aliphatic heterocycles. The predicted molar refractivity (Wildman–Crippen MR) is 306 cm³/mol. The first-order valence-corrected chi connectivity index (χ1v) is 31.2. The summed E-state index contributed by atoms with van der Waals surface area (Å²) in [6.45, 7) is 4.91. The van der Waals surface area contributed by atoms with E-state index in [1.807, 2.05) is 0 Å². The van der Waals surface area contributed by atoms with Crippen LogP contribution in [0.25, 0.3) is 0 Å². The number of unbranched alkanes of at least 4 members (excludes halogenated alkanes) is 41. The van der Waals surface area contributed by atoms with Crippen LogP contribution in [0.15, 0.2) is 36.5 Å². The fraction of sp³-hybridized carbons (Fsp3) is 0.875. The molecule has 412 valence electrons. The maximum Gasteiger partial charge on any atom is 0.305 e. The van der Waals surface area contributed by atoms with Crippen molar-refractivity contribution < 1.29 is 24.5 Å². The molecule has 0 rings (SSSR count). The van der Waals surface area contributed by atoms with Crippen molar-refractivity contribution in [3.63, 3.8) is 0 Å². The summed E-state index contributed by atoms with van der Waals surface area (Å²) >= 11 is 0. The van der Waals surface area contributed by atoms with E-state index in [1.165, 1.54) is 250 Å². The molecule has 0 saturated carbocycles. The number of nitrogens with one attached hydrogen (secondary N) is 1. The first-order valence-electron chi connectivity index (χ1n) is 31.2. The van der Waals surface area contributed by atoms with Crippen molar-refractivity contribution in [2.45, 2.75) is 347 Å². The van der Waals surface area contributed by atoms with E-state index < -0.39 is 12.1 Å². The minimum Gasteiger partial charge on any atom is -0.466 e. The summed E-state index contributed by atoms with van der Waals surface area (Å²) in [5, 5.41) is 23.1. The van der Waals surface area contributed by atoms with Gasteiger partial charge in [-0.3, -0.25) is 9.59 Å². The van der Waals surface area contributed by atoms with Crippen LogP contribution >= 0.6 is 0 Å². The van der Waals surface area contributed by atoms with Crippen LogP contribution in [0.2, 0.25) is 0 Å². The molecule has 70 heavy (non-hydrogen) atoms. The standard InChI is InChI=1S/C64H121NO5/c1-3-5-7-9-11-13-14-15-16-28-32-35-38-42-46-50-54-58-64(69)70-59-55-51-47-43-39-36-33-30-27-25-23-21-19-17-18-20-22-24-26-29-31-34-37-41-45-49-53-57-63(68)65-61(60-66)62(67)56-52-48-44-40-12-10-8-6-4-2/h11,13,15-18,61-62,66-67H,3-10,12,14,19-60H2,1-2H3,(H,65,68)/b13-11-,16-15-,18-17-. The maximum absolute atomic E-state index is 12.4. The topological polar surface area (TPSA) is 95.9 Å². The van der Waals surface area contributed by atoms with E-state index in [4.69, 9.17) is 4.74 Å². The molecule has 1 amide bonds. The van der Waals surface area contributed by atoms with Crippen LogP contribution in [0.1, 0.15) is 335 Å². The van der Waals surface area contributed by atoms with Crippen LogP contribution < -0.4 is 5.32 Å². The molecule has 0 radical (unpaired) electrons. The second kappa shape index (κ2) is 59.6. The van der Waals surface area contributed by atoms with Gasteiger partial charge in [0.25, 0.3) is 0 Å². The van der Waals surface area contributed by atoms with Crippen molar-refractivity contribution in [2.75, 3.05) is 13.2 Å². The van der Waals surface area contributed by atoms with Gasteiger partial charge in [0.05, 0.1) is 25.4 Å². The van der Waals surface area contributed by atoms with Crippen LogP contribution in [0, 0.1) is 0 Å². The Balaban J connectivity index is 3.35. The zero-order valence-corrected chi connectivity index (χ0v) is 47.0. The lowest BCUT2D eigenvalue weighted by Crippen LogP contribution is -2.45. The fourth-order valence-electron chi connectivity index (χ4n) is 9.61. The van der Waals surface area contributed by atoms with Crippen LogP contribution in [0.3, 0.4) is 0 Å². The van der Waals surface area contributed by atoms with E-state index in [-0.39, 0.29) is 18.5 Å². The van der Waals surface area contributed by atoms with Gasteiger partial charge in [0, 0.05) is 12.8 Å². The van der Waals surface area contributed by atoms with E-state index in [2.05, 4.69) is 55.6 Å². The molecule has 0 bridgehead atoms. The SMILES string of the molecule is CCCCC/C=C\C/C=C\CCCCCCCCCC(=O)OCCCCCCCCCCCCCC/C=C\CCCCCCCCCCCCCC(=O)NC(CO)C(O)CCCCCCCCCCC. The highest BCUT2D eigenvalue weighted by molar-refractivity contribution is 5.76. The zero-order chi connectivity index (χ0) is 50.7. The number of carbonyl (C=O) groups excluding carboxylic acids is 2. The van der Waals surface area contributed by atoms with Gasteiger partial charge in [0.2, 0.25) is 5.91 Å². The van der Waals surface area contributed by atoms with Gasteiger partial charge in [-0.1, -0.05) is 275 Å². The van der Waals surface area contributed by atoms with Gasteiger partial charge < -0.3 is 20.3 Å². The average Bonchev–Trinajstić information content (AvgIpc) is 3.36. The smallest absolute Gasteiger partial charge is 0.305 e. The predicted octanol–water partition coefficient (Wildman–Crippen LogP) is 19.6. The van der Waals surface area contributed by atoms with Crippen LogP contribution in [0.4, 0.5) is 0 Å². The van der Waals surface area contributed by atoms with E-state index >= 15 is 0 Å². The van der Waals surface area contributed by atoms with Gasteiger partial charge in [-0.05, 0) is 83.5 Å². The van der Waals surface area contributed by atoms with Crippen molar-refractivity contribution in [1.29, 1.82) is 0 Å². The highest BCUT2D eigenvalue weighted by Gasteiger charge is 2.20. The highest BCUT2D eigenvalue weighted by Crippen LogP contribution is 2.17. The van der Waals surface area contributed by atoms with Gasteiger partial charge >= 0.3 is 5.97 Å². The summed E-state index contributed by atoms with van der Waals surface area (Å²) in [7, 11) is 0. The van der Waals surface area contributed by atoms with Crippen molar-refractivity contribution in [2.24, 2.45) is 0 Å². The number of amides is 1. The number of esters is 1. The van der Waals surface area contributed by atoms with Gasteiger partial charge in [0.15, 0.2) is 0 Å². The molecule has 0 heterocycles. The number of aliphatic hydroxyl groups excluding tert-OH is 2. The lowest BCUT2D eigenvalue weighted by molar-refractivity contribution is -0.143. The third-order valence-corrected chi connectivity index (χ3v) is 14.4. The molecule has 6 heteroatoms. The van der Waals surface area contributed by atoms with E-state index in [1.54, 1.807) is 0 Å². The number of hydrogen-bond acceptors (Lipinski definition) is 5. The number of hydrogen-bond donors (Lipinski definition) is 3. The summed E-state index contributed by atoms with van der Waals surface area (Å²) in [6.07, 6.45) is 74.6. The molecule has 3 N–H and O–H groups in total. The third kappa shape index (κ3) is 55.4. The van der Waals surface area contributed by atoms with Crippen LogP contribution in [-0.4, -0.2) is 47.4 Å². The third-order valence-electron chi connectivity index (χ3n) is 14.4. The second-order valence-corrected chi connectivity index (χ2v) is 21.4. The molecule has 0 spiro atoms. The highest BCUT2D eigenvalue weighted by atomic mass is 16.5.